The molecule has 186 valence electrons. The van der Waals surface area contributed by atoms with Crippen molar-refractivity contribution in [2.24, 2.45) is 5.73 Å². The summed E-state index contributed by atoms with van der Waals surface area (Å²) in [6.07, 6.45) is 1.36. The molecule has 3 aromatic carbocycles. The van der Waals surface area contributed by atoms with Crippen molar-refractivity contribution in [1.29, 1.82) is 0 Å². The average Bonchev–Trinajstić information content (AvgIpc) is 3.45. The van der Waals surface area contributed by atoms with Gasteiger partial charge in [0.15, 0.2) is 5.60 Å². The van der Waals surface area contributed by atoms with Crippen molar-refractivity contribution in [3.05, 3.63) is 94.0 Å². The van der Waals surface area contributed by atoms with E-state index >= 15 is 0 Å². The van der Waals surface area contributed by atoms with Gasteiger partial charge in [-0.1, -0.05) is 66.2 Å². The Morgan fingerprint density at radius 3 is 2.36 bits per heavy atom. The van der Waals surface area contributed by atoms with Gasteiger partial charge in [0, 0.05) is 22.7 Å². The number of aliphatic hydroxyl groups is 2. The minimum absolute atomic E-state index is 0.214. The first-order valence-electron chi connectivity index (χ1n) is 12.0. The molecule has 1 heterocycles. The maximum atomic E-state index is 13.5. The number of imide groups is 1. The van der Waals surface area contributed by atoms with E-state index in [2.05, 4.69) is 5.32 Å². The van der Waals surface area contributed by atoms with Gasteiger partial charge in [0.25, 0.3) is 5.91 Å². The number of nitrogens with two attached hydrogens (primary N) is 1. The Morgan fingerprint density at radius 1 is 1.08 bits per heavy atom. The van der Waals surface area contributed by atoms with E-state index in [0.29, 0.717) is 35.7 Å². The molecule has 2 amide bonds. The minimum atomic E-state index is -1.96. The van der Waals surface area contributed by atoms with Crippen molar-refractivity contribution < 1.29 is 19.8 Å². The topological polar surface area (TPSA) is 116 Å². The molecule has 5 N–H and O–H groups in total. The van der Waals surface area contributed by atoms with Crippen LogP contribution >= 0.6 is 11.6 Å². The number of fused-ring (bicyclic) bond motifs is 3. The number of likely N-dealkylation sites (tertiary alicyclic amines) is 1. The zero-order valence-electron chi connectivity index (χ0n) is 19.7. The Labute approximate surface area is 214 Å². The minimum Gasteiger partial charge on any atom is -0.394 e. The van der Waals surface area contributed by atoms with Crippen LogP contribution in [0.25, 0.3) is 11.1 Å². The number of amides is 2. The molecule has 0 spiro atoms. The van der Waals surface area contributed by atoms with E-state index in [1.807, 2.05) is 29.2 Å². The van der Waals surface area contributed by atoms with Gasteiger partial charge in [-0.15, -0.1) is 0 Å². The highest BCUT2D eigenvalue weighted by Crippen LogP contribution is 2.47. The highest BCUT2D eigenvalue weighted by molar-refractivity contribution is 6.30. The van der Waals surface area contributed by atoms with E-state index in [1.165, 1.54) is 0 Å². The molecule has 1 unspecified atom stereocenters. The van der Waals surface area contributed by atoms with E-state index in [1.54, 1.807) is 42.5 Å². The smallest absolute Gasteiger partial charge is 0.268 e. The lowest BCUT2D eigenvalue weighted by Crippen LogP contribution is -2.51. The van der Waals surface area contributed by atoms with Gasteiger partial charge >= 0.3 is 0 Å². The molecule has 2 atom stereocenters. The maximum absolute atomic E-state index is 13.5. The van der Waals surface area contributed by atoms with Crippen LogP contribution in [0.1, 0.15) is 41.1 Å². The maximum Gasteiger partial charge on any atom is 0.268 e. The Balaban J connectivity index is 1.38. The van der Waals surface area contributed by atoms with Crippen molar-refractivity contribution >= 4 is 23.4 Å². The van der Waals surface area contributed by atoms with Crippen LogP contribution in [0.15, 0.2) is 66.7 Å². The Kier molecular flexibility index (Phi) is 6.68. The average molecular weight is 506 g/mol. The molecule has 36 heavy (non-hydrogen) atoms. The Bertz CT molecular complexity index is 1280. The molecule has 1 aliphatic carbocycles. The van der Waals surface area contributed by atoms with Gasteiger partial charge in [-0.05, 0) is 53.8 Å². The van der Waals surface area contributed by atoms with Crippen LogP contribution in [-0.2, 0) is 21.7 Å². The quantitative estimate of drug-likeness (QED) is 0.383. The van der Waals surface area contributed by atoms with Crippen LogP contribution in [0.2, 0.25) is 5.02 Å². The van der Waals surface area contributed by atoms with E-state index in [4.69, 9.17) is 17.3 Å². The number of hydrogen-bond donors (Lipinski definition) is 4. The van der Waals surface area contributed by atoms with E-state index in [0.717, 1.165) is 28.7 Å². The third kappa shape index (κ3) is 4.13. The van der Waals surface area contributed by atoms with Crippen LogP contribution < -0.4 is 11.1 Å². The summed E-state index contributed by atoms with van der Waals surface area (Å²) in [5, 5.41) is 24.3. The third-order valence-corrected chi connectivity index (χ3v) is 7.47. The summed E-state index contributed by atoms with van der Waals surface area (Å²) in [4.78, 5) is 28.8. The molecular weight excluding hydrogens is 478 g/mol. The van der Waals surface area contributed by atoms with Gasteiger partial charge in [-0.3, -0.25) is 19.8 Å². The van der Waals surface area contributed by atoms with E-state index < -0.39 is 29.5 Å². The molecule has 2 aliphatic rings. The predicted octanol–water partition coefficient (Wildman–Crippen LogP) is 2.86. The molecule has 1 fully saturated rings. The molecule has 8 heteroatoms. The van der Waals surface area contributed by atoms with Crippen LogP contribution in [-0.4, -0.2) is 46.1 Å². The molecule has 7 nitrogen and oxygen atoms in total. The van der Waals surface area contributed by atoms with Crippen molar-refractivity contribution in [3.8, 4) is 11.1 Å². The fourth-order valence-corrected chi connectivity index (χ4v) is 5.64. The van der Waals surface area contributed by atoms with E-state index in [9.17, 15) is 19.8 Å². The lowest BCUT2D eigenvalue weighted by molar-refractivity contribution is -0.142. The molecule has 0 bridgehead atoms. The lowest BCUT2D eigenvalue weighted by atomic mass is 9.90. The number of hydrogen-bond acceptors (Lipinski definition) is 6. The second kappa shape index (κ2) is 9.76. The summed E-state index contributed by atoms with van der Waals surface area (Å²) >= 11 is 6.21. The van der Waals surface area contributed by atoms with Gasteiger partial charge in [-0.2, -0.15) is 0 Å². The third-order valence-electron chi connectivity index (χ3n) is 7.23. The van der Waals surface area contributed by atoms with Gasteiger partial charge in [0.1, 0.15) is 0 Å². The molecule has 1 aliphatic heterocycles. The highest BCUT2D eigenvalue weighted by Gasteiger charge is 2.48. The van der Waals surface area contributed by atoms with Crippen molar-refractivity contribution in [2.75, 3.05) is 13.2 Å². The van der Waals surface area contributed by atoms with Crippen LogP contribution in [0.3, 0.4) is 0 Å². The molecular formula is C28H28ClN3O4. The fraction of sp³-hybridized carbons (Fsp3) is 0.286. The second-order valence-corrected chi connectivity index (χ2v) is 9.82. The van der Waals surface area contributed by atoms with Gasteiger partial charge in [0.2, 0.25) is 5.91 Å². The van der Waals surface area contributed by atoms with Gasteiger partial charge in [0.05, 0.1) is 18.7 Å². The second-order valence-electron chi connectivity index (χ2n) is 9.38. The SMILES string of the molecule is NC(CO)c1ccc(Cl)cc1CN1CCC[C@H]1C(=O)NC(=O)C1(O)c2ccccc2-c2ccccc21. The molecule has 3 aromatic rings. The lowest BCUT2D eigenvalue weighted by Gasteiger charge is -2.28. The van der Waals surface area contributed by atoms with Crippen molar-refractivity contribution in [1.82, 2.24) is 10.2 Å². The molecule has 0 aromatic heterocycles. The summed E-state index contributed by atoms with van der Waals surface area (Å²) in [6, 6.07) is 18.6. The van der Waals surface area contributed by atoms with Gasteiger partial charge < -0.3 is 15.9 Å². The summed E-state index contributed by atoms with van der Waals surface area (Å²) < 4.78 is 0. The number of carbonyl (C=O) groups excluding carboxylic acids is 2. The fourth-order valence-electron chi connectivity index (χ4n) is 5.44. The summed E-state index contributed by atoms with van der Waals surface area (Å²) in [7, 11) is 0. The summed E-state index contributed by atoms with van der Waals surface area (Å²) in [5.74, 6) is -1.22. The number of rotatable bonds is 6. The first kappa shape index (κ1) is 24.6. The van der Waals surface area contributed by atoms with Crippen LogP contribution in [0.4, 0.5) is 0 Å². The van der Waals surface area contributed by atoms with Crippen molar-refractivity contribution in [2.45, 2.75) is 37.1 Å². The van der Waals surface area contributed by atoms with Crippen LogP contribution in [0.5, 0.6) is 0 Å². The normalized spacial score (nSPS) is 18.9. The zero-order chi connectivity index (χ0) is 25.4. The first-order valence-corrected chi connectivity index (χ1v) is 12.4. The van der Waals surface area contributed by atoms with E-state index in [-0.39, 0.29) is 6.61 Å². The number of nitrogens with one attached hydrogen (secondary N) is 1. The largest absolute Gasteiger partial charge is 0.394 e. The monoisotopic (exact) mass is 505 g/mol. The summed E-state index contributed by atoms with van der Waals surface area (Å²) in [6.45, 7) is 0.836. The van der Waals surface area contributed by atoms with Crippen LogP contribution in [0, 0.1) is 0 Å². The molecule has 5 rings (SSSR count). The molecule has 0 saturated carbocycles. The first-order chi connectivity index (χ1) is 17.3. The molecule has 1 saturated heterocycles. The highest BCUT2D eigenvalue weighted by atomic mass is 35.5. The number of carbonyl (C=O) groups is 2. The number of nitrogens with zero attached hydrogens (tertiary/aromatic N) is 1. The standard InChI is InChI=1S/C28H28ClN3O4/c29-18-11-12-19(24(30)16-33)17(14-18)15-32-13-5-10-25(32)26(34)31-27(35)28(36)22-8-3-1-6-20(22)21-7-2-4-9-23(21)28/h1-4,6-9,11-12,14,24-25,33,36H,5,10,13,15-16,30H2,(H,31,34,35)/t24?,25-/m0/s1. The van der Waals surface area contributed by atoms with Crippen molar-refractivity contribution in [3.63, 3.8) is 0 Å². The van der Waals surface area contributed by atoms with Gasteiger partial charge in [-0.25, -0.2) is 0 Å². The Morgan fingerprint density at radius 2 is 1.72 bits per heavy atom. The number of aliphatic hydroxyl groups excluding tert-OH is 1. The predicted molar refractivity (Wildman–Crippen MR) is 137 cm³/mol. The Hall–Kier alpha value is -3.07. The number of halogens is 1. The zero-order valence-corrected chi connectivity index (χ0v) is 20.4. The summed E-state index contributed by atoms with van der Waals surface area (Å²) in [5.41, 5.74) is 8.17. The molecule has 0 radical (unpaired) electrons. The number of benzene rings is 3.